The predicted molar refractivity (Wildman–Crippen MR) is 45.8 cm³/mol. The number of Topliss-reactive ketones (excluding diaryl/α,β-unsaturated/α-hetero) is 1. The van der Waals surface area contributed by atoms with Gasteiger partial charge in [-0.3, -0.25) is 0 Å². The Hall–Kier alpha value is 0.184. The van der Waals surface area contributed by atoms with Gasteiger partial charge in [0.1, 0.15) is 0 Å². The van der Waals surface area contributed by atoms with E-state index in [1.807, 2.05) is 13.8 Å². The molecule has 0 saturated heterocycles. The SMILES string of the molecule is CC.[CH2-]CC=C([C-]=O)C(C)=O.[Y]. The van der Waals surface area contributed by atoms with Gasteiger partial charge < -0.3 is 16.5 Å². The first-order valence-corrected chi connectivity index (χ1v) is 3.61. The van der Waals surface area contributed by atoms with E-state index in [0.717, 1.165) is 0 Å². The number of hydrogen-bond acceptors (Lipinski definition) is 2. The molecule has 12 heavy (non-hydrogen) atoms. The second kappa shape index (κ2) is 13.8. The number of ketones is 1. The summed E-state index contributed by atoms with van der Waals surface area (Å²) in [6.07, 6.45) is 3.43. The van der Waals surface area contributed by atoms with Crippen LogP contribution in [0.15, 0.2) is 11.6 Å². The van der Waals surface area contributed by atoms with Crippen LogP contribution in [0.25, 0.3) is 0 Å². The van der Waals surface area contributed by atoms with Gasteiger partial charge in [0.15, 0.2) is 0 Å². The molecule has 0 heterocycles. The van der Waals surface area contributed by atoms with E-state index in [1.165, 1.54) is 19.3 Å². The van der Waals surface area contributed by atoms with Gasteiger partial charge in [-0.15, -0.1) is 5.57 Å². The van der Waals surface area contributed by atoms with Crippen molar-refractivity contribution in [1.29, 1.82) is 0 Å². The zero-order valence-corrected chi connectivity index (χ0v) is 10.7. The molecule has 0 bridgehead atoms. The van der Waals surface area contributed by atoms with E-state index in [0.29, 0.717) is 6.42 Å². The topological polar surface area (TPSA) is 34.1 Å². The van der Waals surface area contributed by atoms with Crippen LogP contribution in [0.3, 0.4) is 0 Å². The van der Waals surface area contributed by atoms with Crippen molar-refractivity contribution in [2.24, 2.45) is 0 Å². The van der Waals surface area contributed by atoms with Crippen molar-refractivity contribution in [3.63, 3.8) is 0 Å². The van der Waals surface area contributed by atoms with E-state index < -0.39 is 0 Å². The molecule has 0 aromatic carbocycles. The van der Waals surface area contributed by atoms with Crippen LogP contribution in [0.2, 0.25) is 0 Å². The predicted octanol–water partition coefficient (Wildman–Crippen LogP) is 1.86. The maximum atomic E-state index is 10.4. The van der Waals surface area contributed by atoms with E-state index >= 15 is 0 Å². The fourth-order valence-corrected chi connectivity index (χ4v) is 0.402. The van der Waals surface area contributed by atoms with E-state index in [4.69, 9.17) is 0 Å². The van der Waals surface area contributed by atoms with Crippen molar-refractivity contribution in [1.82, 2.24) is 0 Å². The summed E-state index contributed by atoms with van der Waals surface area (Å²) in [5.74, 6) is -0.256. The van der Waals surface area contributed by atoms with E-state index in [9.17, 15) is 9.59 Å². The van der Waals surface area contributed by atoms with Gasteiger partial charge in [0, 0.05) is 38.5 Å². The minimum Gasteiger partial charge on any atom is -0.376 e. The third-order valence-electron chi connectivity index (χ3n) is 0.838. The smallest absolute Gasteiger partial charge is 0.0657 e. The average Bonchev–Trinajstić information content (AvgIpc) is 2.03. The average molecular weight is 243 g/mol. The first-order chi connectivity index (χ1) is 5.22. The Kier molecular flexibility index (Phi) is 20.7. The summed E-state index contributed by atoms with van der Waals surface area (Å²) in [5, 5.41) is 0. The number of carbonyl (C=O) groups is 1. The maximum Gasteiger partial charge on any atom is 0.0657 e. The Bertz CT molecular complexity index is 151. The van der Waals surface area contributed by atoms with E-state index in [2.05, 4.69) is 6.92 Å². The molecular weight excluding hydrogens is 229 g/mol. The number of carbonyl (C=O) groups excluding carboxylic acids is 2. The Balaban J connectivity index is -0.000000249. The second-order valence-corrected chi connectivity index (χ2v) is 1.56. The summed E-state index contributed by atoms with van der Waals surface area (Å²) >= 11 is 0. The fourth-order valence-electron chi connectivity index (χ4n) is 0.402. The first-order valence-electron chi connectivity index (χ1n) is 3.61. The molecule has 0 aromatic heterocycles. The van der Waals surface area contributed by atoms with Gasteiger partial charge in [-0.2, -0.15) is 0 Å². The van der Waals surface area contributed by atoms with Crippen LogP contribution >= 0.6 is 0 Å². The van der Waals surface area contributed by atoms with Gasteiger partial charge in [-0.25, -0.2) is 12.5 Å². The molecule has 0 unspecified atom stereocenters. The Morgan fingerprint density at radius 3 is 2.00 bits per heavy atom. The molecule has 0 aliphatic carbocycles. The minimum atomic E-state index is -0.256. The third kappa shape index (κ3) is 10.2. The van der Waals surface area contributed by atoms with E-state index in [1.54, 1.807) is 0 Å². The Labute approximate surface area is 99.7 Å². The summed E-state index contributed by atoms with van der Waals surface area (Å²) in [4.78, 5) is 20.3. The summed E-state index contributed by atoms with van der Waals surface area (Å²) in [6.45, 7) is 8.77. The largest absolute Gasteiger partial charge is 0.376 e. The number of hydrogen-bond donors (Lipinski definition) is 0. The molecule has 1 radical (unpaired) electrons. The third-order valence-corrected chi connectivity index (χ3v) is 0.838. The molecule has 0 aliphatic heterocycles. The standard InChI is InChI=1S/C7H8O2.C2H6.Y/c1-3-4-7(5-8)6(2)9;1-2;/h4H,1,3H2,2H3;1-2H3;/q-2;;. The van der Waals surface area contributed by atoms with Crippen LogP contribution < -0.4 is 0 Å². The fraction of sp³-hybridized carbons (Fsp3) is 0.444. The molecule has 0 aromatic rings. The van der Waals surface area contributed by atoms with Crippen molar-refractivity contribution in [2.75, 3.05) is 0 Å². The van der Waals surface area contributed by atoms with Crippen LogP contribution in [-0.2, 0) is 42.3 Å². The zero-order chi connectivity index (χ0) is 9.28. The number of allylic oxidation sites excluding steroid dienone is 2. The number of rotatable bonds is 3. The molecule has 67 valence electrons. The molecule has 0 fully saturated rings. The summed E-state index contributed by atoms with van der Waals surface area (Å²) in [6, 6.07) is 0. The van der Waals surface area contributed by atoms with Crippen LogP contribution in [-0.4, -0.2) is 12.1 Å². The molecular formula is C9H14O2Y-2. The van der Waals surface area contributed by atoms with Crippen molar-refractivity contribution in [3.05, 3.63) is 18.6 Å². The molecule has 3 heteroatoms. The van der Waals surface area contributed by atoms with Gasteiger partial charge in [0.25, 0.3) is 0 Å². The van der Waals surface area contributed by atoms with E-state index in [-0.39, 0.29) is 44.1 Å². The normalized spacial score (nSPS) is 8.83. The first kappa shape index (κ1) is 18.1. The van der Waals surface area contributed by atoms with Crippen LogP contribution in [0, 0.1) is 6.92 Å². The molecule has 2 nitrogen and oxygen atoms in total. The van der Waals surface area contributed by atoms with Crippen LogP contribution in [0.1, 0.15) is 27.2 Å². The molecule has 0 saturated carbocycles. The van der Waals surface area contributed by atoms with Crippen molar-refractivity contribution < 1.29 is 42.3 Å². The molecule has 0 rings (SSSR count). The second-order valence-electron chi connectivity index (χ2n) is 1.56. The van der Waals surface area contributed by atoms with Crippen molar-refractivity contribution in [2.45, 2.75) is 27.2 Å². The van der Waals surface area contributed by atoms with Gasteiger partial charge in [0.05, 0.1) is 6.29 Å². The molecule has 0 aliphatic rings. The quantitative estimate of drug-likeness (QED) is 0.328. The van der Waals surface area contributed by atoms with Crippen molar-refractivity contribution >= 4 is 12.1 Å². The zero-order valence-electron chi connectivity index (χ0n) is 7.89. The summed E-state index contributed by atoms with van der Waals surface area (Å²) in [7, 11) is 0. The minimum absolute atomic E-state index is 0. The van der Waals surface area contributed by atoms with Crippen molar-refractivity contribution in [3.8, 4) is 0 Å². The Morgan fingerprint density at radius 2 is 1.92 bits per heavy atom. The molecule has 0 amide bonds. The summed E-state index contributed by atoms with van der Waals surface area (Å²) in [5.41, 5.74) is 0.0880. The molecule has 0 spiro atoms. The Morgan fingerprint density at radius 1 is 1.50 bits per heavy atom. The van der Waals surface area contributed by atoms with Crippen LogP contribution in [0.4, 0.5) is 0 Å². The van der Waals surface area contributed by atoms with Crippen LogP contribution in [0.5, 0.6) is 0 Å². The van der Waals surface area contributed by atoms with Gasteiger partial charge in [-0.1, -0.05) is 13.8 Å². The molecule has 0 N–H and O–H groups in total. The maximum absolute atomic E-state index is 10.4. The van der Waals surface area contributed by atoms with Gasteiger partial charge >= 0.3 is 0 Å². The summed E-state index contributed by atoms with van der Waals surface area (Å²) < 4.78 is 0. The molecule has 0 atom stereocenters. The van der Waals surface area contributed by atoms with Gasteiger partial charge in [0.2, 0.25) is 0 Å². The van der Waals surface area contributed by atoms with Gasteiger partial charge in [-0.05, 0) is 6.92 Å². The monoisotopic (exact) mass is 243 g/mol.